The maximum absolute atomic E-state index is 5.52. The molecule has 0 saturated carbocycles. The summed E-state index contributed by atoms with van der Waals surface area (Å²) in [6.45, 7) is 1.92. The number of guanidine groups is 2. The van der Waals surface area contributed by atoms with Crippen LogP contribution in [0, 0.1) is 0 Å². The summed E-state index contributed by atoms with van der Waals surface area (Å²) in [5.41, 5.74) is 16.9. The first-order valence-electron chi connectivity index (χ1n) is 4.57. The van der Waals surface area contributed by atoms with E-state index in [-0.39, 0.29) is 30.4 Å². The quantitative estimate of drug-likeness (QED) is 0.526. The van der Waals surface area contributed by atoms with Gasteiger partial charge < -0.3 is 17.2 Å². The largest absolute Gasteiger partial charge is 0.370 e. The van der Waals surface area contributed by atoms with E-state index in [4.69, 9.17) is 17.2 Å². The maximum atomic E-state index is 5.52. The second kappa shape index (κ2) is 6.68. The smallest absolute Gasteiger partial charge is 0.219 e. The molecule has 0 spiro atoms. The Bertz CT molecular complexity index is 370. The van der Waals surface area contributed by atoms with Crippen molar-refractivity contribution in [3.63, 3.8) is 0 Å². The van der Waals surface area contributed by atoms with E-state index in [1.54, 1.807) is 0 Å². The highest BCUT2D eigenvalue weighted by Gasteiger charge is 2.02. The van der Waals surface area contributed by atoms with Gasteiger partial charge in [0.15, 0.2) is 5.96 Å². The van der Waals surface area contributed by atoms with Gasteiger partial charge in [-0.05, 0) is 12.5 Å². The van der Waals surface area contributed by atoms with Crippen molar-refractivity contribution in [3.05, 3.63) is 35.9 Å². The number of hydrogen-bond donors (Lipinski definition) is 3. The van der Waals surface area contributed by atoms with Gasteiger partial charge in [-0.15, -0.1) is 12.4 Å². The predicted octanol–water partition coefficient (Wildman–Crippen LogP) is 0.758. The molecule has 1 rings (SSSR count). The van der Waals surface area contributed by atoms with Crippen LogP contribution in [0.4, 0.5) is 0 Å². The summed E-state index contributed by atoms with van der Waals surface area (Å²) >= 11 is 0. The third kappa shape index (κ3) is 4.65. The highest BCUT2D eigenvalue weighted by molar-refractivity contribution is 5.92. The number of nitrogens with zero attached hydrogens (tertiary/aromatic N) is 2. The van der Waals surface area contributed by atoms with Crippen molar-refractivity contribution in [3.8, 4) is 0 Å². The molecule has 0 bridgehead atoms. The van der Waals surface area contributed by atoms with Gasteiger partial charge in [-0.3, -0.25) is 0 Å². The lowest BCUT2D eigenvalue weighted by Crippen LogP contribution is -2.26. The minimum absolute atomic E-state index is 0. The van der Waals surface area contributed by atoms with Crippen molar-refractivity contribution in [1.29, 1.82) is 0 Å². The van der Waals surface area contributed by atoms with Crippen molar-refractivity contribution in [2.45, 2.75) is 13.0 Å². The molecule has 16 heavy (non-hydrogen) atoms. The summed E-state index contributed by atoms with van der Waals surface area (Å²) in [6.07, 6.45) is 0. The Morgan fingerprint density at radius 3 is 2.19 bits per heavy atom. The molecule has 1 atom stereocenters. The zero-order valence-electron chi connectivity index (χ0n) is 9.00. The monoisotopic (exact) mass is 241 g/mol. The van der Waals surface area contributed by atoms with Gasteiger partial charge in [-0.2, -0.15) is 4.99 Å². The van der Waals surface area contributed by atoms with Gasteiger partial charge in [-0.25, -0.2) is 4.99 Å². The lowest BCUT2D eigenvalue weighted by atomic mass is 10.1. The van der Waals surface area contributed by atoms with E-state index in [0.29, 0.717) is 0 Å². The van der Waals surface area contributed by atoms with Crippen LogP contribution >= 0.6 is 12.4 Å². The van der Waals surface area contributed by atoms with E-state index >= 15 is 0 Å². The van der Waals surface area contributed by atoms with Crippen LogP contribution in [0.5, 0.6) is 0 Å². The van der Waals surface area contributed by atoms with Gasteiger partial charge in [-0.1, -0.05) is 30.3 Å². The molecule has 0 saturated heterocycles. The van der Waals surface area contributed by atoms with Crippen molar-refractivity contribution >= 4 is 24.3 Å². The van der Waals surface area contributed by atoms with Crippen LogP contribution < -0.4 is 17.2 Å². The number of hydrogen-bond acceptors (Lipinski definition) is 1. The lowest BCUT2D eigenvalue weighted by Gasteiger charge is -2.06. The first kappa shape index (κ1) is 14.2. The van der Waals surface area contributed by atoms with Gasteiger partial charge in [0.05, 0.1) is 6.04 Å². The van der Waals surface area contributed by atoms with E-state index in [2.05, 4.69) is 9.98 Å². The third-order valence-corrected chi connectivity index (χ3v) is 1.85. The number of halogens is 1. The molecule has 0 aliphatic carbocycles. The molecule has 0 aliphatic heterocycles. The van der Waals surface area contributed by atoms with E-state index < -0.39 is 0 Å². The normalized spacial score (nSPS) is 12.4. The van der Waals surface area contributed by atoms with Gasteiger partial charge >= 0.3 is 0 Å². The molecular weight excluding hydrogens is 226 g/mol. The molecule has 88 valence electrons. The van der Waals surface area contributed by atoms with Gasteiger partial charge in [0, 0.05) is 0 Å². The van der Waals surface area contributed by atoms with Crippen LogP contribution in [0.25, 0.3) is 0 Å². The summed E-state index contributed by atoms with van der Waals surface area (Å²) in [6, 6.07) is 9.71. The number of aliphatic imine (C=N–C) groups is 2. The zero-order chi connectivity index (χ0) is 11.3. The number of rotatable bonds is 2. The Hall–Kier alpha value is -1.75. The van der Waals surface area contributed by atoms with Crippen LogP contribution in [0.2, 0.25) is 0 Å². The molecular formula is C10H16ClN5. The topological polar surface area (TPSA) is 103 Å². The highest BCUT2D eigenvalue weighted by atomic mass is 35.5. The van der Waals surface area contributed by atoms with Crippen LogP contribution in [0.1, 0.15) is 18.5 Å². The van der Waals surface area contributed by atoms with Crippen molar-refractivity contribution < 1.29 is 0 Å². The third-order valence-electron chi connectivity index (χ3n) is 1.85. The fraction of sp³-hybridized carbons (Fsp3) is 0.200. The second-order valence-corrected chi connectivity index (χ2v) is 3.11. The summed E-state index contributed by atoms with van der Waals surface area (Å²) in [7, 11) is 0. The van der Waals surface area contributed by atoms with E-state index in [0.717, 1.165) is 5.56 Å². The molecule has 0 unspecified atom stereocenters. The SMILES string of the molecule is C[C@H](N=C(N)N=C(N)N)c1ccccc1.Cl. The van der Waals surface area contributed by atoms with E-state index in [1.807, 2.05) is 37.3 Å². The van der Waals surface area contributed by atoms with Gasteiger partial charge in [0.2, 0.25) is 5.96 Å². The van der Waals surface area contributed by atoms with Crippen molar-refractivity contribution in [2.24, 2.45) is 27.2 Å². The summed E-state index contributed by atoms with van der Waals surface area (Å²) in [4.78, 5) is 7.78. The fourth-order valence-electron chi connectivity index (χ4n) is 1.17. The average molecular weight is 242 g/mol. The van der Waals surface area contributed by atoms with E-state index in [9.17, 15) is 0 Å². The molecule has 1 aromatic rings. The molecule has 5 nitrogen and oxygen atoms in total. The highest BCUT2D eigenvalue weighted by Crippen LogP contribution is 2.15. The Labute approximate surface area is 101 Å². The Morgan fingerprint density at radius 1 is 1.12 bits per heavy atom. The first-order chi connectivity index (χ1) is 7.09. The molecule has 0 radical (unpaired) electrons. The molecule has 6 N–H and O–H groups in total. The zero-order valence-corrected chi connectivity index (χ0v) is 9.82. The molecule has 6 heteroatoms. The minimum atomic E-state index is -0.0866. The molecule has 0 aromatic heterocycles. The van der Waals surface area contributed by atoms with Crippen LogP contribution in [0.3, 0.4) is 0 Å². The Balaban J connectivity index is 0.00000225. The average Bonchev–Trinajstić information content (AvgIpc) is 2.17. The van der Waals surface area contributed by atoms with Crippen molar-refractivity contribution in [2.75, 3.05) is 0 Å². The van der Waals surface area contributed by atoms with E-state index in [1.165, 1.54) is 0 Å². The van der Waals surface area contributed by atoms with Crippen LogP contribution in [-0.2, 0) is 0 Å². The Kier molecular flexibility index (Phi) is 5.95. The van der Waals surface area contributed by atoms with Crippen LogP contribution in [-0.4, -0.2) is 11.9 Å². The second-order valence-electron chi connectivity index (χ2n) is 3.11. The fourth-order valence-corrected chi connectivity index (χ4v) is 1.17. The standard InChI is InChI=1S/C10H15N5.ClH/c1-7(8-5-3-2-4-6-8)14-10(13)15-9(11)12;/h2-7H,1H3,(H6,11,12,13,14,15);1H/t7-;/m0./s1. The maximum Gasteiger partial charge on any atom is 0.219 e. The molecule has 0 amide bonds. The summed E-state index contributed by atoms with van der Waals surface area (Å²) in [5.74, 6) is 0.00265. The number of nitrogens with two attached hydrogens (primary N) is 3. The number of benzene rings is 1. The molecule has 1 aromatic carbocycles. The lowest BCUT2D eigenvalue weighted by molar-refractivity contribution is 0.816. The first-order valence-corrected chi connectivity index (χ1v) is 4.57. The predicted molar refractivity (Wildman–Crippen MR) is 69.5 cm³/mol. The van der Waals surface area contributed by atoms with Gasteiger partial charge in [0.1, 0.15) is 0 Å². The van der Waals surface area contributed by atoms with Crippen molar-refractivity contribution in [1.82, 2.24) is 0 Å². The summed E-state index contributed by atoms with van der Waals surface area (Å²) in [5, 5.41) is 0. The van der Waals surface area contributed by atoms with Gasteiger partial charge in [0.25, 0.3) is 0 Å². The molecule has 0 fully saturated rings. The Morgan fingerprint density at radius 2 is 1.69 bits per heavy atom. The molecule has 0 aliphatic rings. The van der Waals surface area contributed by atoms with Crippen LogP contribution in [0.15, 0.2) is 40.3 Å². The summed E-state index contributed by atoms with van der Waals surface area (Å²) < 4.78 is 0. The molecule has 0 heterocycles. The minimum Gasteiger partial charge on any atom is -0.370 e.